The van der Waals surface area contributed by atoms with E-state index in [1.54, 1.807) is 6.07 Å². The molecule has 102 valence electrons. The minimum absolute atomic E-state index is 0.247. The lowest BCUT2D eigenvalue weighted by Gasteiger charge is -2.21. The smallest absolute Gasteiger partial charge is 0.249 e. The number of hydrogen-bond acceptors (Lipinski definition) is 6. The molecule has 19 heavy (non-hydrogen) atoms. The first-order valence-electron chi connectivity index (χ1n) is 6.17. The molecule has 1 atom stereocenters. The van der Waals surface area contributed by atoms with Crippen LogP contribution in [-0.2, 0) is 9.59 Å². The van der Waals surface area contributed by atoms with Crippen LogP contribution >= 0.6 is 0 Å². The van der Waals surface area contributed by atoms with E-state index in [0.29, 0.717) is 31.3 Å². The number of amides is 2. The Balaban J connectivity index is 2.10. The van der Waals surface area contributed by atoms with Gasteiger partial charge < -0.3 is 10.1 Å². The molecule has 0 spiro atoms. The van der Waals surface area contributed by atoms with E-state index in [1.165, 1.54) is 0 Å². The summed E-state index contributed by atoms with van der Waals surface area (Å²) in [5.74, 6) is 0.199. The number of aromatic nitrogens is 2. The second-order valence-corrected chi connectivity index (χ2v) is 4.25. The molecule has 1 aromatic rings. The van der Waals surface area contributed by atoms with Crippen LogP contribution in [0, 0.1) is 6.92 Å². The number of rotatable bonds is 4. The maximum absolute atomic E-state index is 11.6. The number of nitrogens with zero attached hydrogens (tertiary/aromatic N) is 2. The lowest BCUT2D eigenvalue weighted by Crippen LogP contribution is -2.47. The second kappa shape index (κ2) is 5.64. The summed E-state index contributed by atoms with van der Waals surface area (Å²) >= 11 is 0. The zero-order chi connectivity index (χ0) is 13.8. The predicted octanol–water partition coefficient (Wildman–Crippen LogP) is 0.401. The van der Waals surface area contributed by atoms with E-state index >= 15 is 0 Å². The molecule has 0 saturated carbocycles. The van der Waals surface area contributed by atoms with Gasteiger partial charge in [-0.1, -0.05) is 0 Å². The van der Waals surface area contributed by atoms with Crippen molar-refractivity contribution < 1.29 is 14.3 Å². The summed E-state index contributed by atoms with van der Waals surface area (Å²) in [6.07, 6.45) is 0.749. The third kappa shape index (κ3) is 3.40. The van der Waals surface area contributed by atoms with Crippen LogP contribution in [0.25, 0.3) is 0 Å². The van der Waals surface area contributed by atoms with Gasteiger partial charge in [-0.3, -0.25) is 14.9 Å². The van der Waals surface area contributed by atoms with Crippen molar-refractivity contribution in [3.63, 3.8) is 0 Å². The van der Waals surface area contributed by atoms with E-state index in [1.807, 2.05) is 13.8 Å². The van der Waals surface area contributed by atoms with Crippen LogP contribution in [0.15, 0.2) is 6.07 Å². The number of carbonyl (C=O) groups excluding carboxylic acids is 2. The number of nitrogens with one attached hydrogen (secondary N) is 2. The van der Waals surface area contributed by atoms with Crippen molar-refractivity contribution in [3.05, 3.63) is 11.8 Å². The van der Waals surface area contributed by atoms with Crippen molar-refractivity contribution >= 4 is 17.8 Å². The average Bonchev–Trinajstić information content (AvgIpc) is 2.32. The van der Waals surface area contributed by atoms with Gasteiger partial charge in [-0.25, -0.2) is 4.98 Å². The van der Waals surface area contributed by atoms with Crippen molar-refractivity contribution in [2.24, 2.45) is 0 Å². The average molecular weight is 264 g/mol. The highest BCUT2D eigenvalue weighted by Gasteiger charge is 2.27. The molecule has 7 nitrogen and oxygen atoms in total. The van der Waals surface area contributed by atoms with Gasteiger partial charge in [0.05, 0.1) is 6.61 Å². The van der Waals surface area contributed by atoms with Crippen LogP contribution in [0.3, 0.4) is 0 Å². The Labute approximate surface area is 110 Å². The number of hydrogen-bond donors (Lipinski definition) is 2. The molecule has 0 aliphatic carbocycles. The summed E-state index contributed by atoms with van der Waals surface area (Å²) in [5, 5.41) is 5.20. The van der Waals surface area contributed by atoms with Gasteiger partial charge in [0.25, 0.3) is 0 Å². The van der Waals surface area contributed by atoms with Crippen molar-refractivity contribution in [1.29, 1.82) is 0 Å². The normalized spacial score (nSPS) is 18.9. The van der Waals surface area contributed by atoms with E-state index < -0.39 is 6.04 Å². The fourth-order valence-electron chi connectivity index (χ4n) is 1.81. The Morgan fingerprint density at radius 3 is 2.95 bits per heavy atom. The molecule has 1 aliphatic heterocycles. The van der Waals surface area contributed by atoms with Crippen LogP contribution in [0.5, 0.6) is 5.88 Å². The summed E-state index contributed by atoms with van der Waals surface area (Å²) in [7, 11) is 0. The first kappa shape index (κ1) is 13.3. The molecule has 1 fully saturated rings. The van der Waals surface area contributed by atoms with Gasteiger partial charge in [-0.2, -0.15) is 4.98 Å². The molecule has 2 amide bonds. The highest BCUT2D eigenvalue weighted by Crippen LogP contribution is 2.15. The third-order valence-electron chi connectivity index (χ3n) is 2.67. The lowest BCUT2D eigenvalue weighted by atomic mass is 10.1. The van der Waals surface area contributed by atoms with E-state index in [0.717, 1.165) is 5.69 Å². The molecule has 1 aromatic heterocycles. The third-order valence-corrected chi connectivity index (χ3v) is 2.67. The molecule has 2 N–H and O–H groups in total. The zero-order valence-electron chi connectivity index (χ0n) is 10.9. The van der Waals surface area contributed by atoms with Gasteiger partial charge >= 0.3 is 0 Å². The fraction of sp³-hybridized carbons (Fsp3) is 0.500. The van der Waals surface area contributed by atoms with Crippen LogP contribution in [0.1, 0.15) is 25.5 Å². The number of aryl methyl sites for hydroxylation is 1. The monoisotopic (exact) mass is 264 g/mol. The SMILES string of the molecule is CCOc1cc(C)nc(NC2CCC(=O)NC2=O)n1. The summed E-state index contributed by atoms with van der Waals surface area (Å²) in [4.78, 5) is 31.0. The van der Waals surface area contributed by atoms with Crippen molar-refractivity contribution in [2.45, 2.75) is 32.7 Å². The first-order chi connectivity index (χ1) is 9.08. The van der Waals surface area contributed by atoms with Crippen molar-refractivity contribution in [2.75, 3.05) is 11.9 Å². The van der Waals surface area contributed by atoms with E-state index in [4.69, 9.17) is 4.74 Å². The molecule has 2 rings (SSSR count). The van der Waals surface area contributed by atoms with Crippen LogP contribution in [0.4, 0.5) is 5.95 Å². The summed E-state index contributed by atoms with van der Waals surface area (Å²) < 4.78 is 5.31. The zero-order valence-corrected chi connectivity index (χ0v) is 10.9. The summed E-state index contributed by atoms with van der Waals surface area (Å²) in [5.41, 5.74) is 0.744. The van der Waals surface area contributed by atoms with Gasteiger partial charge in [0.2, 0.25) is 23.6 Å². The van der Waals surface area contributed by atoms with E-state index in [9.17, 15) is 9.59 Å². The van der Waals surface area contributed by atoms with Crippen molar-refractivity contribution in [1.82, 2.24) is 15.3 Å². The maximum atomic E-state index is 11.6. The van der Waals surface area contributed by atoms with Crippen LogP contribution < -0.4 is 15.4 Å². The van der Waals surface area contributed by atoms with Gasteiger partial charge in [-0.15, -0.1) is 0 Å². The second-order valence-electron chi connectivity index (χ2n) is 4.25. The highest BCUT2D eigenvalue weighted by atomic mass is 16.5. The van der Waals surface area contributed by atoms with Crippen LogP contribution in [-0.4, -0.2) is 34.4 Å². The Kier molecular flexibility index (Phi) is 3.94. The predicted molar refractivity (Wildman–Crippen MR) is 67.7 cm³/mol. The lowest BCUT2D eigenvalue weighted by molar-refractivity contribution is -0.133. The molecule has 1 saturated heterocycles. The molecule has 7 heteroatoms. The molecule has 0 radical (unpaired) electrons. The maximum Gasteiger partial charge on any atom is 0.249 e. The highest BCUT2D eigenvalue weighted by molar-refractivity contribution is 6.01. The Hall–Kier alpha value is -2.18. The first-order valence-corrected chi connectivity index (χ1v) is 6.17. The number of anilines is 1. The number of ether oxygens (including phenoxy) is 1. The molecule has 2 heterocycles. The van der Waals surface area contributed by atoms with E-state index in [-0.39, 0.29) is 11.8 Å². The fourth-order valence-corrected chi connectivity index (χ4v) is 1.81. The topological polar surface area (TPSA) is 93.2 Å². The molecule has 0 bridgehead atoms. The number of carbonyl (C=O) groups is 2. The Morgan fingerprint density at radius 2 is 2.26 bits per heavy atom. The molecule has 0 aromatic carbocycles. The largest absolute Gasteiger partial charge is 0.478 e. The molecular weight excluding hydrogens is 248 g/mol. The van der Waals surface area contributed by atoms with Gasteiger partial charge in [0, 0.05) is 18.2 Å². The molecule has 1 unspecified atom stereocenters. The summed E-state index contributed by atoms with van der Waals surface area (Å²) in [6, 6.07) is 1.23. The Bertz CT molecular complexity index is 504. The molecule has 1 aliphatic rings. The Morgan fingerprint density at radius 1 is 1.47 bits per heavy atom. The standard InChI is InChI=1S/C12H16N4O3/c1-3-19-10-6-7(2)13-12(16-10)14-8-4-5-9(17)15-11(8)18/h6,8H,3-5H2,1-2H3,(H,13,14,16)(H,15,17,18). The quantitative estimate of drug-likeness (QED) is 0.765. The van der Waals surface area contributed by atoms with Crippen molar-refractivity contribution in [3.8, 4) is 5.88 Å². The van der Waals surface area contributed by atoms with Gasteiger partial charge in [0.15, 0.2) is 0 Å². The van der Waals surface area contributed by atoms with Crippen LogP contribution in [0.2, 0.25) is 0 Å². The minimum Gasteiger partial charge on any atom is -0.478 e. The number of imide groups is 1. The van der Waals surface area contributed by atoms with E-state index in [2.05, 4.69) is 20.6 Å². The van der Waals surface area contributed by atoms with Gasteiger partial charge in [-0.05, 0) is 20.3 Å². The summed E-state index contributed by atoms with van der Waals surface area (Å²) in [6.45, 7) is 4.19. The minimum atomic E-state index is -0.492. The van der Waals surface area contributed by atoms with Gasteiger partial charge in [0.1, 0.15) is 6.04 Å². The molecular formula is C12H16N4O3. The number of piperidine rings is 1.